The van der Waals surface area contributed by atoms with Crippen LogP contribution in [0.1, 0.15) is 18.4 Å². The molecule has 184 valence electrons. The predicted octanol–water partition coefficient (Wildman–Crippen LogP) is 5.12. The van der Waals surface area contributed by atoms with Crippen LogP contribution in [-0.2, 0) is 16.0 Å². The number of anilines is 2. The van der Waals surface area contributed by atoms with Crippen molar-refractivity contribution < 1.29 is 23.4 Å². The molecule has 0 bridgehead atoms. The zero-order valence-electron chi connectivity index (χ0n) is 19.9. The lowest BCUT2D eigenvalue weighted by Crippen LogP contribution is -2.24. The molecule has 0 saturated heterocycles. The van der Waals surface area contributed by atoms with Gasteiger partial charge in [-0.2, -0.15) is 0 Å². The van der Waals surface area contributed by atoms with E-state index in [0.29, 0.717) is 41.2 Å². The molecule has 1 aliphatic heterocycles. The Labute approximate surface area is 208 Å². The number of allylic oxidation sites excluding steroid dienone is 4. The van der Waals surface area contributed by atoms with E-state index in [9.17, 15) is 0 Å². The summed E-state index contributed by atoms with van der Waals surface area (Å²) in [7, 11) is 3.22. The minimum Gasteiger partial charge on any atom is -0.493 e. The fourth-order valence-corrected chi connectivity index (χ4v) is 3.80. The second-order valence-corrected chi connectivity index (χ2v) is 7.77. The Kier molecular flexibility index (Phi) is 6.83. The summed E-state index contributed by atoms with van der Waals surface area (Å²) in [5, 5.41) is 12.0. The molecule has 3 aromatic rings. The summed E-state index contributed by atoms with van der Waals surface area (Å²) >= 11 is 0. The van der Waals surface area contributed by atoms with Crippen molar-refractivity contribution in [3.05, 3.63) is 90.7 Å². The molecule has 2 aliphatic rings. The number of nitrogens with one attached hydrogen (secondary N) is 1. The maximum atomic E-state index is 6.12. The van der Waals surface area contributed by atoms with E-state index in [1.54, 1.807) is 25.3 Å². The zero-order valence-corrected chi connectivity index (χ0v) is 19.9. The normalized spacial score (nSPS) is 14.3. The number of hydrogen-bond acceptors (Lipinski definition) is 10. The summed E-state index contributed by atoms with van der Waals surface area (Å²) in [6, 6.07) is 9.68. The molecule has 0 spiro atoms. The van der Waals surface area contributed by atoms with E-state index in [-0.39, 0.29) is 6.01 Å². The zero-order chi connectivity index (χ0) is 24.7. The Bertz CT molecular complexity index is 1340. The minimum absolute atomic E-state index is 0.256. The summed E-state index contributed by atoms with van der Waals surface area (Å²) in [6.07, 6.45) is 13.8. The Morgan fingerprint density at radius 3 is 2.78 bits per heavy atom. The summed E-state index contributed by atoms with van der Waals surface area (Å²) in [5.74, 6) is 2.67. The van der Waals surface area contributed by atoms with E-state index >= 15 is 0 Å². The number of aromatic nitrogens is 3. The lowest BCUT2D eigenvalue weighted by molar-refractivity contribution is 0.247. The highest BCUT2D eigenvalue weighted by atomic mass is 16.5. The van der Waals surface area contributed by atoms with Crippen LogP contribution in [0.25, 0.3) is 11.5 Å². The summed E-state index contributed by atoms with van der Waals surface area (Å²) in [5.41, 5.74) is 2.60. The Morgan fingerprint density at radius 2 is 2.00 bits per heavy atom. The number of nitrogens with zero attached hydrogens (tertiary/aromatic N) is 4. The summed E-state index contributed by atoms with van der Waals surface area (Å²) in [4.78, 5) is 6.23. The molecule has 1 N–H and O–H groups in total. The first-order chi connectivity index (χ1) is 17.8. The van der Waals surface area contributed by atoms with Gasteiger partial charge in [0.25, 0.3) is 5.89 Å². The molecule has 0 fully saturated rings. The van der Waals surface area contributed by atoms with Crippen LogP contribution in [0.15, 0.2) is 89.5 Å². The third-order valence-electron chi connectivity index (χ3n) is 5.54. The van der Waals surface area contributed by atoms with Crippen LogP contribution in [0.5, 0.6) is 11.5 Å². The van der Waals surface area contributed by atoms with Gasteiger partial charge >= 0.3 is 6.01 Å². The number of rotatable bonds is 9. The Hall–Kier alpha value is -4.73. The van der Waals surface area contributed by atoms with Gasteiger partial charge in [0.2, 0.25) is 5.88 Å². The van der Waals surface area contributed by atoms with Gasteiger partial charge in [-0.1, -0.05) is 23.3 Å². The molecule has 36 heavy (non-hydrogen) atoms. The first-order valence-corrected chi connectivity index (χ1v) is 11.3. The van der Waals surface area contributed by atoms with Gasteiger partial charge in [0.05, 0.1) is 19.8 Å². The van der Waals surface area contributed by atoms with Gasteiger partial charge in [0.15, 0.2) is 17.8 Å². The quantitative estimate of drug-likeness (QED) is 0.437. The van der Waals surface area contributed by atoms with Gasteiger partial charge in [-0.25, -0.2) is 9.88 Å². The third kappa shape index (κ3) is 4.88. The lowest BCUT2D eigenvalue weighted by Gasteiger charge is -2.25. The molecule has 1 aromatic carbocycles. The first-order valence-electron chi connectivity index (χ1n) is 11.3. The topological polar surface area (TPSA) is 104 Å². The van der Waals surface area contributed by atoms with Crippen LogP contribution in [0.2, 0.25) is 0 Å². The van der Waals surface area contributed by atoms with E-state index in [2.05, 4.69) is 26.6 Å². The molecule has 0 unspecified atom stereocenters. The molecule has 1 aliphatic carbocycles. The SMILES string of the molecule is COc1ccc(CNc2ncccc2-c2nnc(N(C3=CC=CCC3)C3=COC=CO3)o2)cc1OC. The van der Waals surface area contributed by atoms with Crippen molar-refractivity contribution in [3.63, 3.8) is 0 Å². The molecule has 5 rings (SSSR count). The van der Waals surface area contributed by atoms with E-state index in [1.807, 2.05) is 42.5 Å². The molecule has 0 atom stereocenters. The summed E-state index contributed by atoms with van der Waals surface area (Å²) < 4.78 is 27.8. The number of hydrogen-bond donors (Lipinski definition) is 1. The Balaban J connectivity index is 1.40. The standard InChI is InChI=1S/C26H25N5O5/c1-32-21-11-10-18(15-22(21)33-2)16-28-24-20(9-6-12-27-24)25-29-30-26(36-25)31(19-7-4-3-5-8-19)23-17-34-13-14-35-23/h3-4,6-7,9-15,17H,5,8,16H2,1-2H3,(H,27,28). The number of pyridine rings is 1. The molecule has 2 aromatic heterocycles. The highest BCUT2D eigenvalue weighted by Crippen LogP contribution is 2.33. The summed E-state index contributed by atoms with van der Waals surface area (Å²) in [6.45, 7) is 0.501. The van der Waals surface area contributed by atoms with Crippen molar-refractivity contribution in [1.29, 1.82) is 0 Å². The molecule has 10 heteroatoms. The molecule has 0 saturated carbocycles. The van der Waals surface area contributed by atoms with Crippen LogP contribution in [-0.4, -0.2) is 29.4 Å². The van der Waals surface area contributed by atoms with Crippen molar-refractivity contribution in [2.45, 2.75) is 19.4 Å². The van der Waals surface area contributed by atoms with Gasteiger partial charge in [0.1, 0.15) is 18.3 Å². The average Bonchev–Trinajstić information content (AvgIpc) is 3.42. The van der Waals surface area contributed by atoms with E-state index in [0.717, 1.165) is 24.1 Å². The minimum atomic E-state index is 0.256. The van der Waals surface area contributed by atoms with Gasteiger partial charge in [-0.15, -0.1) is 5.10 Å². The maximum Gasteiger partial charge on any atom is 0.330 e. The maximum absolute atomic E-state index is 6.12. The average molecular weight is 488 g/mol. The number of ether oxygens (including phenoxy) is 4. The van der Waals surface area contributed by atoms with E-state index in [4.69, 9.17) is 23.4 Å². The molecular weight excluding hydrogens is 462 g/mol. The van der Waals surface area contributed by atoms with Crippen LogP contribution in [0.4, 0.5) is 11.8 Å². The monoisotopic (exact) mass is 487 g/mol. The number of methoxy groups -OCH3 is 2. The molecule has 3 heterocycles. The second kappa shape index (κ2) is 10.7. The fourth-order valence-electron chi connectivity index (χ4n) is 3.80. The van der Waals surface area contributed by atoms with E-state index < -0.39 is 0 Å². The van der Waals surface area contributed by atoms with Gasteiger partial charge in [-0.3, -0.25) is 0 Å². The van der Waals surface area contributed by atoms with Crippen molar-refractivity contribution in [3.8, 4) is 23.0 Å². The van der Waals surface area contributed by atoms with Crippen molar-refractivity contribution in [1.82, 2.24) is 15.2 Å². The van der Waals surface area contributed by atoms with Crippen LogP contribution in [0.3, 0.4) is 0 Å². The Morgan fingerprint density at radius 1 is 1.08 bits per heavy atom. The molecular formula is C26H25N5O5. The molecule has 0 amide bonds. The second-order valence-electron chi connectivity index (χ2n) is 7.77. The largest absolute Gasteiger partial charge is 0.493 e. The van der Waals surface area contributed by atoms with Crippen LogP contribution in [0, 0.1) is 0 Å². The first kappa shape index (κ1) is 23.0. The molecule has 10 nitrogen and oxygen atoms in total. The van der Waals surface area contributed by atoms with Crippen molar-refractivity contribution in [2.75, 3.05) is 24.4 Å². The highest BCUT2D eigenvalue weighted by Gasteiger charge is 2.26. The van der Waals surface area contributed by atoms with Gasteiger partial charge < -0.3 is 28.7 Å². The van der Waals surface area contributed by atoms with Gasteiger partial charge in [0, 0.05) is 18.4 Å². The van der Waals surface area contributed by atoms with Crippen molar-refractivity contribution >= 4 is 11.8 Å². The van der Waals surface area contributed by atoms with Crippen molar-refractivity contribution in [2.24, 2.45) is 0 Å². The fraction of sp³-hybridized carbons (Fsp3) is 0.192. The third-order valence-corrected chi connectivity index (χ3v) is 5.54. The van der Waals surface area contributed by atoms with Crippen LogP contribution >= 0.6 is 0 Å². The molecule has 0 radical (unpaired) electrons. The highest BCUT2D eigenvalue weighted by molar-refractivity contribution is 5.69. The predicted molar refractivity (Wildman–Crippen MR) is 133 cm³/mol. The van der Waals surface area contributed by atoms with Crippen LogP contribution < -0.4 is 19.7 Å². The lowest BCUT2D eigenvalue weighted by atomic mass is 10.1. The smallest absolute Gasteiger partial charge is 0.330 e. The number of benzene rings is 1. The van der Waals surface area contributed by atoms with Gasteiger partial charge in [-0.05, 0) is 48.7 Å². The van der Waals surface area contributed by atoms with E-state index in [1.165, 1.54) is 18.8 Å².